The van der Waals surface area contributed by atoms with E-state index in [1.54, 1.807) is 20.2 Å². The number of thiazole rings is 1. The molecule has 4 nitrogen and oxygen atoms in total. The molecule has 0 bridgehead atoms. The van der Waals surface area contributed by atoms with Crippen LogP contribution in [0.1, 0.15) is 31.8 Å². The van der Waals surface area contributed by atoms with Crippen LogP contribution >= 0.6 is 11.3 Å². The third-order valence-corrected chi connectivity index (χ3v) is 3.65. The molecule has 92 valence electrons. The number of likely N-dealkylation sites (N-methyl/N-ethyl adjacent to an activating group) is 1. The molecule has 2 unspecified atom stereocenters. The highest BCUT2D eigenvalue weighted by Crippen LogP contribution is 2.28. The first-order chi connectivity index (χ1) is 7.60. The summed E-state index contributed by atoms with van der Waals surface area (Å²) in [5.41, 5.74) is 0. The van der Waals surface area contributed by atoms with Gasteiger partial charge in [0, 0.05) is 19.9 Å². The lowest BCUT2D eigenvalue weighted by atomic mass is 10.3. The fourth-order valence-corrected chi connectivity index (χ4v) is 2.59. The molecule has 1 aromatic heterocycles. The number of methoxy groups -OCH3 is 1. The highest BCUT2D eigenvalue weighted by Gasteiger charge is 2.17. The lowest BCUT2D eigenvalue weighted by Gasteiger charge is -2.26. The van der Waals surface area contributed by atoms with Crippen molar-refractivity contribution in [3.63, 3.8) is 0 Å². The number of ether oxygens (including phenoxy) is 1. The van der Waals surface area contributed by atoms with E-state index in [4.69, 9.17) is 4.74 Å². The first-order valence-corrected chi connectivity index (χ1v) is 6.31. The molecule has 0 aliphatic carbocycles. The Morgan fingerprint density at radius 1 is 1.56 bits per heavy atom. The Kier molecular flexibility index (Phi) is 5.18. The van der Waals surface area contributed by atoms with Gasteiger partial charge in [-0.3, -0.25) is 0 Å². The Morgan fingerprint density at radius 2 is 2.25 bits per heavy atom. The molecule has 0 saturated heterocycles. The molecule has 0 aliphatic heterocycles. The zero-order valence-electron chi connectivity index (χ0n) is 10.3. The minimum absolute atomic E-state index is 0.294. The van der Waals surface area contributed by atoms with Crippen molar-refractivity contribution in [1.82, 2.24) is 4.98 Å². The Bertz CT molecular complexity index is 315. The molecular weight excluding hydrogens is 224 g/mol. The van der Waals surface area contributed by atoms with E-state index < -0.39 is 6.10 Å². The van der Waals surface area contributed by atoms with Gasteiger partial charge in [-0.25, -0.2) is 4.98 Å². The van der Waals surface area contributed by atoms with Crippen LogP contribution in [-0.4, -0.2) is 36.4 Å². The molecule has 0 amide bonds. The molecular formula is C11H20N2O2S. The van der Waals surface area contributed by atoms with E-state index in [-0.39, 0.29) is 0 Å². The normalized spacial score (nSPS) is 14.8. The monoisotopic (exact) mass is 244 g/mol. The van der Waals surface area contributed by atoms with Crippen molar-refractivity contribution in [3.05, 3.63) is 11.1 Å². The van der Waals surface area contributed by atoms with Gasteiger partial charge in [-0.15, -0.1) is 0 Å². The zero-order chi connectivity index (χ0) is 12.1. The molecule has 0 radical (unpaired) electrons. The van der Waals surface area contributed by atoms with Crippen LogP contribution in [-0.2, 0) is 4.74 Å². The van der Waals surface area contributed by atoms with Crippen molar-refractivity contribution in [2.45, 2.75) is 32.9 Å². The van der Waals surface area contributed by atoms with Crippen molar-refractivity contribution >= 4 is 16.5 Å². The van der Waals surface area contributed by atoms with E-state index in [1.165, 1.54) is 11.3 Å². The van der Waals surface area contributed by atoms with Crippen LogP contribution < -0.4 is 4.90 Å². The molecule has 1 aromatic rings. The number of aliphatic hydroxyl groups is 1. The Morgan fingerprint density at radius 3 is 2.69 bits per heavy atom. The van der Waals surface area contributed by atoms with Gasteiger partial charge in [0.2, 0.25) is 0 Å². The summed E-state index contributed by atoms with van der Waals surface area (Å²) in [5, 5.41) is 10.4. The molecule has 1 N–H and O–H groups in total. The maximum Gasteiger partial charge on any atom is 0.185 e. The largest absolute Gasteiger partial charge is 0.388 e. The maximum atomic E-state index is 9.46. The van der Waals surface area contributed by atoms with Crippen molar-refractivity contribution in [3.8, 4) is 0 Å². The summed E-state index contributed by atoms with van der Waals surface area (Å²) in [4.78, 5) is 7.42. The van der Waals surface area contributed by atoms with Gasteiger partial charge in [0.1, 0.15) is 0 Å². The summed E-state index contributed by atoms with van der Waals surface area (Å²) in [6.07, 6.45) is 1.30. The quantitative estimate of drug-likeness (QED) is 0.832. The van der Waals surface area contributed by atoms with Crippen LogP contribution in [0.15, 0.2) is 6.20 Å². The van der Waals surface area contributed by atoms with Crippen LogP contribution in [0.2, 0.25) is 0 Å². The van der Waals surface area contributed by atoms with Crippen molar-refractivity contribution in [1.29, 1.82) is 0 Å². The molecule has 0 saturated carbocycles. The molecule has 2 atom stereocenters. The Balaban J connectivity index is 2.78. The van der Waals surface area contributed by atoms with Gasteiger partial charge in [0.25, 0.3) is 0 Å². The number of aliphatic hydroxyl groups excluding tert-OH is 1. The number of hydrogen-bond donors (Lipinski definition) is 1. The van der Waals surface area contributed by atoms with E-state index in [1.807, 2.05) is 0 Å². The summed E-state index contributed by atoms with van der Waals surface area (Å²) in [6.45, 7) is 7.52. The highest BCUT2D eigenvalue weighted by molar-refractivity contribution is 7.15. The number of anilines is 1. The van der Waals surface area contributed by atoms with Gasteiger partial charge >= 0.3 is 0 Å². The molecule has 5 heteroatoms. The summed E-state index contributed by atoms with van der Waals surface area (Å²) >= 11 is 1.54. The fraction of sp³-hybridized carbons (Fsp3) is 0.727. The average molecular weight is 244 g/mol. The van der Waals surface area contributed by atoms with E-state index in [0.29, 0.717) is 12.6 Å². The molecule has 0 fully saturated rings. The molecule has 1 rings (SSSR count). The van der Waals surface area contributed by atoms with Gasteiger partial charge in [-0.1, -0.05) is 11.3 Å². The minimum atomic E-state index is -0.442. The smallest absolute Gasteiger partial charge is 0.185 e. The highest BCUT2D eigenvalue weighted by atomic mass is 32.1. The van der Waals surface area contributed by atoms with Gasteiger partial charge in [0.15, 0.2) is 5.13 Å². The van der Waals surface area contributed by atoms with E-state index in [0.717, 1.165) is 16.6 Å². The summed E-state index contributed by atoms with van der Waals surface area (Å²) in [6, 6.07) is 0.294. The van der Waals surface area contributed by atoms with E-state index in [9.17, 15) is 5.11 Å². The van der Waals surface area contributed by atoms with Crippen LogP contribution in [0.3, 0.4) is 0 Å². The summed E-state index contributed by atoms with van der Waals surface area (Å²) in [7, 11) is 1.70. The number of hydrogen-bond acceptors (Lipinski definition) is 5. The molecule has 0 aromatic carbocycles. The van der Waals surface area contributed by atoms with Gasteiger partial charge in [-0.05, 0) is 20.8 Å². The minimum Gasteiger partial charge on any atom is -0.388 e. The molecule has 16 heavy (non-hydrogen) atoms. The van der Waals surface area contributed by atoms with E-state index in [2.05, 4.69) is 23.7 Å². The maximum absolute atomic E-state index is 9.46. The predicted molar refractivity (Wildman–Crippen MR) is 67.1 cm³/mol. The topological polar surface area (TPSA) is 45.6 Å². The first-order valence-electron chi connectivity index (χ1n) is 5.49. The van der Waals surface area contributed by atoms with Crippen molar-refractivity contribution in [2.24, 2.45) is 0 Å². The molecule has 0 aliphatic rings. The zero-order valence-corrected chi connectivity index (χ0v) is 11.1. The third kappa shape index (κ3) is 3.17. The van der Waals surface area contributed by atoms with Gasteiger partial charge in [0.05, 0.1) is 23.6 Å². The van der Waals surface area contributed by atoms with Crippen LogP contribution in [0.4, 0.5) is 5.13 Å². The lowest BCUT2D eigenvalue weighted by molar-refractivity contribution is 0.182. The predicted octanol–water partition coefficient (Wildman–Crippen LogP) is 2.06. The standard InChI is InChI=1S/C11H20N2O2S/c1-5-13(8(2)7-15-4)11-12-6-10(16-11)9(3)14/h6,8-9,14H,5,7H2,1-4H3. The molecule has 1 heterocycles. The lowest BCUT2D eigenvalue weighted by Crippen LogP contribution is -2.35. The van der Waals surface area contributed by atoms with E-state index >= 15 is 0 Å². The third-order valence-electron chi connectivity index (χ3n) is 2.45. The van der Waals surface area contributed by atoms with Crippen LogP contribution in [0.5, 0.6) is 0 Å². The molecule has 0 spiro atoms. The SMILES string of the molecule is CCN(c1ncc(C(C)O)s1)C(C)COC. The second-order valence-electron chi connectivity index (χ2n) is 3.81. The van der Waals surface area contributed by atoms with Gasteiger partial charge < -0.3 is 14.7 Å². The second kappa shape index (κ2) is 6.18. The second-order valence-corrected chi connectivity index (χ2v) is 4.85. The first kappa shape index (κ1) is 13.4. The fourth-order valence-electron chi connectivity index (χ4n) is 1.57. The number of rotatable bonds is 6. The Labute approximate surface area is 101 Å². The van der Waals surface area contributed by atoms with Crippen LogP contribution in [0.25, 0.3) is 0 Å². The van der Waals surface area contributed by atoms with Gasteiger partial charge in [-0.2, -0.15) is 0 Å². The number of aromatic nitrogens is 1. The van der Waals surface area contributed by atoms with Crippen molar-refractivity contribution < 1.29 is 9.84 Å². The number of nitrogens with zero attached hydrogens (tertiary/aromatic N) is 2. The average Bonchev–Trinajstić information content (AvgIpc) is 2.68. The summed E-state index contributed by atoms with van der Waals surface area (Å²) in [5.74, 6) is 0. The summed E-state index contributed by atoms with van der Waals surface area (Å²) < 4.78 is 5.15. The van der Waals surface area contributed by atoms with Crippen molar-refractivity contribution in [2.75, 3.05) is 25.2 Å². The Hall–Kier alpha value is -0.650. The van der Waals surface area contributed by atoms with Crippen LogP contribution in [0, 0.1) is 0 Å².